The number of benzene rings is 1. The minimum Gasteiger partial charge on any atom is -0.379 e. The molecule has 3 rings (SSSR count). The number of hydrogen-bond acceptors (Lipinski definition) is 4. The molecule has 0 unspecified atom stereocenters. The van der Waals surface area contributed by atoms with E-state index in [2.05, 4.69) is 29.3 Å². The van der Waals surface area contributed by atoms with E-state index in [9.17, 15) is 0 Å². The van der Waals surface area contributed by atoms with Gasteiger partial charge < -0.3 is 14.8 Å². The summed E-state index contributed by atoms with van der Waals surface area (Å²) in [6, 6.07) is 8.99. The van der Waals surface area contributed by atoms with Gasteiger partial charge in [-0.15, -0.1) is 0 Å². The summed E-state index contributed by atoms with van der Waals surface area (Å²) in [4.78, 5) is 2.49. The normalized spacial score (nSPS) is 27.9. The lowest BCUT2D eigenvalue weighted by atomic mass is 10.0. The number of rotatable bonds is 5. The van der Waals surface area contributed by atoms with Crippen molar-refractivity contribution >= 4 is 11.6 Å². The third-order valence-electron chi connectivity index (χ3n) is 4.67. The van der Waals surface area contributed by atoms with Crippen molar-refractivity contribution in [3.8, 4) is 0 Å². The average molecular weight is 325 g/mol. The molecule has 2 aliphatic heterocycles. The minimum absolute atomic E-state index is 0.296. The van der Waals surface area contributed by atoms with Gasteiger partial charge in [0, 0.05) is 43.3 Å². The molecular weight excluding hydrogens is 300 g/mol. The van der Waals surface area contributed by atoms with Gasteiger partial charge in [-0.3, -0.25) is 4.90 Å². The highest BCUT2D eigenvalue weighted by Crippen LogP contribution is 2.25. The van der Waals surface area contributed by atoms with Crippen LogP contribution in [-0.4, -0.2) is 56.5 Å². The molecule has 0 amide bonds. The summed E-state index contributed by atoms with van der Waals surface area (Å²) in [5, 5.41) is 4.50. The molecule has 1 aromatic rings. The van der Waals surface area contributed by atoms with Crippen LogP contribution in [0.2, 0.25) is 5.02 Å². The third kappa shape index (κ3) is 4.00. The molecule has 0 aromatic heterocycles. The van der Waals surface area contributed by atoms with E-state index in [1.54, 1.807) is 0 Å². The maximum absolute atomic E-state index is 6.19. The second-order valence-electron chi connectivity index (χ2n) is 6.10. The smallest absolute Gasteiger partial charge is 0.0700 e. The van der Waals surface area contributed by atoms with Gasteiger partial charge in [-0.1, -0.05) is 23.7 Å². The molecule has 1 N–H and O–H groups in total. The fraction of sp³-hybridized carbons (Fsp3) is 0.647. The molecule has 4 nitrogen and oxygen atoms in total. The monoisotopic (exact) mass is 324 g/mol. The summed E-state index contributed by atoms with van der Waals surface area (Å²) in [6.45, 7) is 7.47. The molecule has 0 saturated carbocycles. The van der Waals surface area contributed by atoms with E-state index < -0.39 is 0 Å². The maximum atomic E-state index is 6.19. The van der Waals surface area contributed by atoms with Crippen molar-refractivity contribution in [2.75, 3.05) is 39.5 Å². The first-order valence-corrected chi connectivity index (χ1v) is 8.54. The summed E-state index contributed by atoms with van der Waals surface area (Å²) in [5.74, 6) is 0. The summed E-state index contributed by atoms with van der Waals surface area (Å²) in [5.41, 5.74) is 1.27. The molecule has 22 heavy (non-hydrogen) atoms. The molecule has 5 heteroatoms. The van der Waals surface area contributed by atoms with Crippen LogP contribution in [0.1, 0.15) is 24.9 Å². The van der Waals surface area contributed by atoms with Crippen LogP contribution in [-0.2, 0) is 9.47 Å². The number of morpholine rings is 1. The number of ether oxygens (including phenoxy) is 2. The quantitative estimate of drug-likeness (QED) is 0.902. The van der Waals surface area contributed by atoms with E-state index in [-0.39, 0.29) is 0 Å². The molecule has 3 atom stereocenters. The van der Waals surface area contributed by atoms with Crippen LogP contribution in [0.3, 0.4) is 0 Å². The van der Waals surface area contributed by atoms with Crippen LogP contribution in [0.15, 0.2) is 24.3 Å². The molecule has 2 heterocycles. The zero-order chi connectivity index (χ0) is 15.4. The van der Waals surface area contributed by atoms with Crippen LogP contribution in [0.5, 0.6) is 0 Å². The Kier molecular flexibility index (Phi) is 5.71. The topological polar surface area (TPSA) is 33.7 Å². The Morgan fingerprint density at radius 2 is 2.14 bits per heavy atom. The van der Waals surface area contributed by atoms with Gasteiger partial charge in [0.2, 0.25) is 0 Å². The van der Waals surface area contributed by atoms with Gasteiger partial charge in [0.05, 0.1) is 19.3 Å². The van der Waals surface area contributed by atoms with E-state index in [1.807, 2.05) is 12.1 Å². The number of halogens is 1. The lowest BCUT2D eigenvalue weighted by Gasteiger charge is -2.36. The molecule has 2 saturated heterocycles. The SMILES string of the molecule is C[C@@H]1OCC[C@@H]1NC[C@@H](c1cccc(Cl)c1)N1CCOCC1. The van der Waals surface area contributed by atoms with Crippen LogP contribution in [0, 0.1) is 0 Å². The van der Waals surface area contributed by atoms with Crippen molar-refractivity contribution in [3.05, 3.63) is 34.9 Å². The number of nitrogens with zero attached hydrogens (tertiary/aromatic N) is 1. The Balaban J connectivity index is 1.70. The molecule has 2 fully saturated rings. The van der Waals surface area contributed by atoms with Crippen LogP contribution < -0.4 is 5.32 Å². The zero-order valence-electron chi connectivity index (χ0n) is 13.1. The van der Waals surface area contributed by atoms with Crippen molar-refractivity contribution in [3.63, 3.8) is 0 Å². The first kappa shape index (κ1) is 16.2. The molecule has 0 aliphatic carbocycles. The van der Waals surface area contributed by atoms with Crippen LogP contribution in [0.4, 0.5) is 0 Å². The van der Waals surface area contributed by atoms with Gasteiger partial charge in [0.25, 0.3) is 0 Å². The Morgan fingerprint density at radius 1 is 1.32 bits per heavy atom. The lowest BCUT2D eigenvalue weighted by Crippen LogP contribution is -2.45. The standard InChI is InChI=1S/C17H25ClN2O2/c1-13-16(5-8-22-13)19-12-17(20-6-9-21-10-7-20)14-3-2-4-15(18)11-14/h2-4,11,13,16-17,19H,5-10,12H2,1H3/t13-,16-,17-/m0/s1. The van der Waals surface area contributed by atoms with Gasteiger partial charge in [-0.05, 0) is 31.0 Å². The van der Waals surface area contributed by atoms with Gasteiger partial charge in [-0.25, -0.2) is 0 Å². The summed E-state index contributed by atoms with van der Waals surface area (Å²) in [7, 11) is 0. The third-order valence-corrected chi connectivity index (χ3v) is 4.90. The highest BCUT2D eigenvalue weighted by molar-refractivity contribution is 6.30. The second-order valence-corrected chi connectivity index (χ2v) is 6.53. The first-order valence-electron chi connectivity index (χ1n) is 8.16. The van der Waals surface area contributed by atoms with Gasteiger partial charge in [0.15, 0.2) is 0 Å². The summed E-state index contributed by atoms with van der Waals surface area (Å²) < 4.78 is 11.1. The van der Waals surface area contributed by atoms with E-state index in [4.69, 9.17) is 21.1 Å². The van der Waals surface area contributed by atoms with Gasteiger partial charge in [0.1, 0.15) is 0 Å². The number of nitrogens with one attached hydrogen (secondary N) is 1. The Bertz CT molecular complexity index is 479. The van der Waals surface area contributed by atoms with Gasteiger partial charge >= 0.3 is 0 Å². The largest absolute Gasteiger partial charge is 0.379 e. The Hall–Kier alpha value is -0.650. The molecule has 1 aromatic carbocycles. The van der Waals surface area contributed by atoms with Gasteiger partial charge in [-0.2, -0.15) is 0 Å². The lowest BCUT2D eigenvalue weighted by molar-refractivity contribution is 0.0149. The van der Waals surface area contributed by atoms with E-state index >= 15 is 0 Å². The number of hydrogen-bond donors (Lipinski definition) is 1. The van der Waals surface area contributed by atoms with Crippen molar-refractivity contribution in [2.45, 2.75) is 31.5 Å². The highest BCUT2D eigenvalue weighted by atomic mass is 35.5. The minimum atomic E-state index is 0.296. The van der Waals surface area contributed by atoms with Crippen molar-refractivity contribution in [1.29, 1.82) is 0 Å². The molecule has 122 valence electrons. The predicted octanol–water partition coefficient (Wildman–Crippen LogP) is 2.48. The van der Waals surface area contributed by atoms with Crippen molar-refractivity contribution in [1.82, 2.24) is 10.2 Å². The molecule has 2 aliphatic rings. The van der Waals surface area contributed by atoms with E-state index in [0.717, 1.165) is 50.9 Å². The predicted molar refractivity (Wildman–Crippen MR) is 88.4 cm³/mol. The first-order chi connectivity index (χ1) is 10.7. The van der Waals surface area contributed by atoms with Crippen LogP contribution in [0.25, 0.3) is 0 Å². The van der Waals surface area contributed by atoms with Crippen LogP contribution >= 0.6 is 11.6 Å². The molecule has 0 radical (unpaired) electrons. The molecule has 0 bridgehead atoms. The summed E-state index contributed by atoms with van der Waals surface area (Å²) >= 11 is 6.19. The molecular formula is C17H25ClN2O2. The molecule has 0 spiro atoms. The Labute approximate surface area is 137 Å². The summed E-state index contributed by atoms with van der Waals surface area (Å²) in [6.07, 6.45) is 1.39. The van der Waals surface area contributed by atoms with Crippen molar-refractivity contribution < 1.29 is 9.47 Å². The van der Waals surface area contributed by atoms with E-state index in [0.29, 0.717) is 18.2 Å². The highest BCUT2D eigenvalue weighted by Gasteiger charge is 2.27. The second kappa shape index (κ2) is 7.75. The average Bonchev–Trinajstić information content (AvgIpc) is 2.94. The van der Waals surface area contributed by atoms with Crippen molar-refractivity contribution in [2.24, 2.45) is 0 Å². The van der Waals surface area contributed by atoms with E-state index in [1.165, 1.54) is 5.56 Å². The fourth-order valence-electron chi connectivity index (χ4n) is 3.32. The Morgan fingerprint density at radius 3 is 2.82 bits per heavy atom. The maximum Gasteiger partial charge on any atom is 0.0700 e. The zero-order valence-corrected chi connectivity index (χ0v) is 13.9. The fourth-order valence-corrected chi connectivity index (χ4v) is 3.52.